The van der Waals surface area contributed by atoms with Gasteiger partial charge in [-0.2, -0.15) is 0 Å². The van der Waals surface area contributed by atoms with Crippen LogP contribution in [0.4, 0.5) is 0 Å². The summed E-state index contributed by atoms with van der Waals surface area (Å²) in [6, 6.07) is 11.0. The number of benzene rings is 1. The Kier molecular flexibility index (Phi) is 14.8. The molecule has 0 aliphatic carbocycles. The Morgan fingerprint density at radius 3 is 1.64 bits per heavy atom. The Hall–Kier alpha value is -0.820. The molecule has 1 aromatic carbocycles. The second-order valence-corrected chi connectivity index (χ2v) is 7.65. The summed E-state index contributed by atoms with van der Waals surface area (Å²) in [5.74, 6) is 0.686. The largest absolute Gasteiger partial charge is 0.396 e. The predicted octanol–water partition coefficient (Wildman–Crippen LogP) is 7.63. The summed E-state index contributed by atoms with van der Waals surface area (Å²) in [4.78, 5) is 0. The molecule has 0 saturated heterocycles. The molecule has 144 valence electrons. The molecule has 1 nitrogen and oxygen atoms in total. The Labute approximate surface area is 157 Å². The van der Waals surface area contributed by atoms with Gasteiger partial charge in [0.15, 0.2) is 0 Å². The van der Waals surface area contributed by atoms with Crippen LogP contribution in [0.25, 0.3) is 0 Å². The number of hydrogen-bond donors (Lipinski definition) is 1. The SMILES string of the molecule is CCCCCCCCCCCCCC(CCCCO)c1ccccc1. The first-order chi connectivity index (χ1) is 12.4. The van der Waals surface area contributed by atoms with Crippen molar-refractivity contribution in [3.8, 4) is 0 Å². The molecule has 1 heteroatoms. The van der Waals surface area contributed by atoms with Gasteiger partial charge in [0, 0.05) is 6.61 Å². The summed E-state index contributed by atoms with van der Waals surface area (Å²) in [7, 11) is 0. The van der Waals surface area contributed by atoms with Gasteiger partial charge in [0.2, 0.25) is 0 Å². The van der Waals surface area contributed by atoms with Crippen molar-refractivity contribution < 1.29 is 5.11 Å². The number of aliphatic hydroxyl groups is 1. The van der Waals surface area contributed by atoms with E-state index >= 15 is 0 Å². The van der Waals surface area contributed by atoms with Crippen LogP contribution >= 0.6 is 0 Å². The average Bonchev–Trinajstić information content (AvgIpc) is 2.65. The van der Waals surface area contributed by atoms with E-state index in [0.29, 0.717) is 12.5 Å². The molecule has 0 heterocycles. The maximum atomic E-state index is 9.03. The molecule has 1 N–H and O–H groups in total. The highest BCUT2D eigenvalue weighted by molar-refractivity contribution is 5.19. The Bertz CT molecular complexity index is 373. The van der Waals surface area contributed by atoms with Crippen LogP contribution < -0.4 is 0 Å². The monoisotopic (exact) mass is 346 g/mol. The molecule has 0 radical (unpaired) electrons. The fourth-order valence-corrected chi connectivity index (χ4v) is 3.76. The lowest BCUT2D eigenvalue weighted by Crippen LogP contribution is -2.00. The predicted molar refractivity (Wildman–Crippen MR) is 111 cm³/mol. The van der Waals surface area contributed by atoms with E-state index in [4.69, 9.17) is 5.11 Å². The minimum absolute atomic E-state index is 0.333. The molecule has 0 amide bonds. The van der Waals surface area contributed by atoms with Crippen molar-refractivity contribution in [1.82, 2.24) is 0 Å². The molecular weight excluding hydrogens is 304 g/mol. The molecule has 0 saturated carbocycles. The number of aliphatic hydroxyl groups excluding tert-OH is 1. The zero-order valence-corrected chi connectivity index (χ0v) is 16.7. The van der Waals surface area contributed by atoms with Gasteiger partial charge < -0.3 is 5.11 Å². The summed E-state index contributed by atoms with van der Waals surface area (Å²) in [5, 5.41) is 9.03. The van der Waals surface area contributed by atoms with Crippen LogP contribution in [-0.2, 0) is 0 Å². The molecule has 0 aliphatic rings. The van der Waals surface area contributed by atoms with Gasteiger partial charge in [-0.15, -0.1) is 0 Å². The van der Waals surface area contributed by atoms with E-state index in [-0.39, 0.29) is 0 Å². The molecule has 0 bridgehead atoms. The lowest BCUT2D eigenvalue weighted by Gasteiger charge is -2.17. The Morgan fingerprint density at radius 2 is 1.12 bits per heavy atom. The van der Waals surface area contributed by atoms with Crippen molar-refractivity contribution >= 4 is 0 Å². The highest BCUT2D eigenvalue weighted by Gasteiger charge is 2.10. The quantitative estimate of drug-likeness (QED) is 0.287. The normalized spacial score (nSPS) is 12.4. The fourth-order valence-electron chi connectivity index (χ4n) is 3.76. The lowest BCUT2D eigenvalue weighted by molar-refractivity contribution is 0.280. The summed E-state index contributed by atoms with van der Waals surface area (Å²) in [6.07, 6.45) is 20.2. The van der Waals surface area contributed by atoms with Gasteiger partial charge in [0.1, 0.15) is 0 Å². The third-order valence-corrected chi connectivity index (χ3v) is 5.39. The first-order valence-corrected chi connectivity index (χ1v) is 11.0. The number of unbranched alkanes of at least 4 members (excludes halogenated alkanes) is 11. The second-order valence-electron chi connectivity index (χ2n) is 7.65. The van der Waals surface area contributed by atoms with Crippen LogP contribution in [-0.4, -0.2) is 11.7 Å². The average molecular weight is 347 g/mol. The third kappa shape index (κ3) is 12.2. The first-order valence-electron chi connectivity index (χ1n) is 11.0. The van der Waals surface area contributed by atoms with Crippen molar-refractivity contribution in [1.29, 1.82) is 0 Å². The van der Waals surface area contributed by atoms with Crippen molar-refractivity contribution in [3.63, 3.8) is 0 Å². The maximum absolute atomic E-state index is 9.03. The van der Waals surface area contributed by atoms with E-state index in [1.807, 2.05) is 0 Å². The summed E-state index contributed by atoms with van der Waals surface area (Å²) in [5.41, 5.74) is 1.49. The van der Waals surface area contributed by atoms with E-state index in [1.54, 1.807) is 0 Å². The first kappa shape index (κ1) is 22.2. The van der Waals surface area contributed by atoms with Gasteiger partial charge in [-0.05, 0) is 30.7 Å². The molecule has 0 aliphatic heterocycles. The van der Waals surface area contributed by atoms with E-state index in [9.17, 15) is 0 Å². The molecular formula is C24H42O. The Morgan fingerprint density at radius 1 is 0.640 bits per heavy atom. The highest BCUT2D eigenvalue weighted by atomic mass is 16.2. The van der Waals surface area contributed by atoms with E-state index in [1.165, 1.54) is 89.0 Å². The van der Waals surface area contributed by atoms with Gasteiger partial charge in [-0.1, -0.05) is 114 Å². The molecule has 25 heavy (non-hydrogen) atoms. The number of hydrogen-bond acceptors (Lipinski definition) is 1. The smallest absolute Gasteiger partial charge is 0.0431 e. The molecule has 1 unspecified atom stereocenters. The molecule has 1 rings (SSSR count). The van der Waals surface area contributed by atoms with Crippen molar-refractivity contribution in [2.45, 2.75) is 109 Å². The van der Waals surface area contributed by atoms with Gasteiger partial charge in [0.05, 0.1) is 0 Å². The lowest BCUT2D eigenvalue weighted by atomic mass is 9.88. The fraction of sp³-hybridized carbons (Fsp3) is 0.750. The summed E-state index contributed by atoms with van der Waals surface area (Å²) < 4.78 is 0. The molecule has 0 fully saturated rings. The highest BCUT2D eigenvalue weighted by Crippen LogP contribution is 2.28. The zero-order chi connectivity index (χ0) is 18.0. The summed E-state index contributed by atoms with van der Waals surface area (Å²) in [6.45, 7) is 2.62. The minimum Gasteiger partial charge on any atom is -0.396 e. The van der Waals surface area contributed by atoms with Crippen LogP contribution in [0.15, 0.2) is 30.3 Å². The maximum Gasteiger partial charge on any atom is 0.0431 e. The Balaban J connectivity index is 2.08. The van der Waals surface area contributed by atoms with Crippen LogP contribution in [0.3, 0.4) is 0 Å². The van der Waals surface area contributed by atoms with Crippen LogP contribution in [0.5, 0.6) is 0 Å². The molecule has 0 spiro atoms. The van der Waals surface area contributed by atoms with E-state index in [2.05, 4.69) is 37.3 Å². The third-order valence-electron chi connectivity index (χ3n) is 5.39. The van der Waals surface area contributed by atoms with Crippen molar-refractivity contribution in [2.75, 3.05) is 6.61 Å². The van der Waals surface area contributed by atoms with Crippen LogP contribution in [0, 0.1) is 0 Å². The van der Waals surface area contributed by atoms with Gasteiger partial charge in [-0.25, -0.2) is 0 Å². The molecule has 0 aromatic heterocycles. The minimum atomic E-state index is 0.333. The second kappa shape index (κ2) is 16.6. The standard InChI is InChI=1S/C24H42O/c1-2-3-4-5-6-7-8-9-10-11-13-18-24(21-16-17-22-25)23-19-14-12-15-20-23/h12,14-15,19-20,24-25H,2-11,13,16-18,21-22H2,1H3. The van der Waals surface area contributed by atoms with E-state index in [0.717, 1.165) is 12.8 Å². The summed E-state index contributed by atoms with van der Waals surface area (Å²) >= 11 is 0. The van der Waals surface area contributed by atoms with Gasteiger partial charge >= 0.3 is 0 Å². The molecule has 1 atom stereocenters. The topological polar surface area (TPSA) is 20.2 Å². The molecule has 1 aromatic rings. The van der Waals surface area contributed by atoms with Crippen molar-refractivity contribution in [3.05, 3.63) is 35.9 Å². The van der Waals surface area contributed by atoms with Gasteiger partial charge in [0.25, 0.3) is 0 Å². The zero-order valence-electron chi connectivity index (χ0n) is 16.7. The van der Waals surface area contributed by atoms with Gasteiger partial charge in [-0.3, -0.25) is 0 Å². The number of rotatable bonds is 17. The van der Waals surface area contributed by atoms with Crippen molar-refractivity contribution in [2.24, 2.45) is 0 Å². The van der Waals surface area contributed by atoms with Crippen LogP contribution in [0.1, 0.15) is 115 Å². The van der Waals surface area contributed by atoms with E-state index < -0.39 is 0 Å². The van der Waals surface area contributed by atoms with Crippen LogP contribution in [0.2, 0.25) is 0 Å².